The van der Waals surface area contributed by atoms with Crippen molar-refractivity contribution in [3.63, 3.8) is 0 Å². The SMILES string of the molecule is C=C(F)C(=O)Nc1ccc(-c2c(-c3ccc(C(=O)NCC4(F)CC4)c(OC)c3)c3c(N)ncc(C#CC(C)(C)O)c3n2C)cc1. The molecule has 4 aromatic rings. The van der Waals surface area contributed by atoms with Crippen LogP contribution in [-0.2, 0) is 11.8 Å². The van der Waals surface area contributed by atoms with Gasteiger partial charge in [-0.1, -0.05) is 36.6 Å². The lowest BCUT2D eigenvalue weighted by atomic mass is 9.96. The molecule has 0 aliphatic heterocycles. The van der Waals surface area contributed by atoms with Crippen molar-refractivity contribution in [2.24, 2.45) is 7.05 Å². The van der Waals surface area contributed by atoms with Gasteiger partial charge in [-0.3, -0.25) is 9.59 Å². The highest BCUT2D eigenvalue weighted by Crippen LogP contribution is 2.45. The number of carbonyl (C=O) groups excluding carboxylic acids is 2. The number of carbonyl (C=O) groups is 2. The molecule has 0 bridgehead atoms. The monoisotopic (exact) mass is 613 g/mol. The van der Waals surface area contributed by atoms with Gasteiger partial charge in [0.15, 0.2) is 5.83 Å². The molecule has 0 spiro atoms. The number of amides is 2. The van der Waals surface area contributed by atoms with Gasteiger partial charge in [-0.25, -0.2) is 13.8 Å². The van der Waals surface area contributed by atoms with Crippen LogP contribution in [0.1, 0.15) is 42.6 Å². The number of benzene rings is 2. The molecule has 1 saturated carbocycles. The second-order valence-corrected chi connectivity index (χ2v) is 11.6. The number of nitrogens with one attached hydrogen (secondary N) is 2. The summed E-state index contributed by atoms with van der Waals surface area (Å²) in [5, 5.41) is 15.9. The number of aryl methyl sites for hydroxylation is 1. The van der Waals surface area contributed by atoms with Crippen LogP contribution in [0.15, 0.2) is 61.1 Å². The summed E-state index contributed by atoms with van der Waals surface area (Å²) in [6.07, 6.45) is 2.38. The molecule has 1 fully saturated rings. The number of pyridine rings is 1. The van der Waals surface area contributed by atoms with Crippen LogP contribution in [0.4, 0.5) is 20.3 Å². The predicted octanol–water partition coefficient (Wildman–Crippen LogP) is 5.27. The molecule has 1 aliphatic carbocycles. The van der Waals surface area contributed by atoms with Crippen LogP contribution in [0.5, 0.6) is 5.75 Å². The number of ether oxygens (including phenoxy) is 1. The van der Waals surface area contributed by atoms with Gasteiger partial charge in [-0.05, 0) is 62.1 Å². The number of methoxy groups -OCH3 is 1. The van der Waals surface area contributed by atoms with Gasteiger partial charge in [0, 0.05) is 24.5 Å². The molecule has 5 N–H and O–H groups in total. The smallest absolute Gasteiger partial charge is 0.283 e. The summed E-state index contributed by atoms with van der Waals surface area (Å²) in [4.78, 5) is 29.2. The first kappa shape index (κ1) is 31.2. The summed E-state index contributed by atoms with van der Waals surface area (Å²) in [5.41, 5.74) is 8.35. The Morgan fingerprint density at radius 1 is 1.20 bits per heavy atom. The highest BCUT2D eigenvalue weighted by atomic mass is 19.1. The first-order chi connectivity index (χ1) is 21.2. The number of halogens is 2. The van der Waals surface area contributed by atoms with Crippen molar-refractivity contribution in [2.75, 3.05) is 24.7 Å². The van der Waals surface area contributed by atoms with Crippen molar-refractivity contribution >= 4 is 34.2 Å². The van der Waals surface area contributed by atoms with Crippen molar-refractivity contribution in [3.05, 3.63) is 72.2 Å². The number of anilines is 2. The van der Waals surface area contributed by atoms with Crippen LogP contribution in [0.3, 0.4) is 0 Å². The molecule has 9 nitrogen and oxygen atoms in total. The van der Waals surface area contributed by atoms with E-state index in [0.29, 0.717) is 57.4 Å². The van der Waals surface area contributed by atoms with Crippen LogP contribution in [-0.4, -0.2) is 51.4 Å². The number of aliphatic hydroxyl groups is 1. The first-order valence-electron chi connectivity index (χ1n) is 14.2. The number of hydrogen-bond acceptors (Lipinski definition) is 6. The molecule has 0 atom stereocenters. The predicted molar refractivity (Wildman–Crippen MR) is 170 cm³/mol. The van der Waals surface area contributed by atoms with Crippen LogP contribution in [0.25, 0.3) is 33.3 Å². The Labute approximate surface area is 259 Å². The Bertz CT molecular complexity index is 1910. The maximum Gasteiger partial charge on any atom is 0.283 e. The van der Waals surface area contributed by atoms with E-state index in [1.54, 1.807) is 56.3 Å². The molecule has 0 radical (unpaired) electrons. The van der Waals surface area contributed by atoms with Crippen molar-refractivity contribution in [1.29, 1.82) is 0 Å². The molecule has 11 heteroatoms. The minimum absolute atomic E-state index is 0.0727. The summed E-state index contributed by atoms with van der Waals surface area (Å²) >= 11 is 0. The van der Waals surface area contributed by atoms with E-state index in [2.05, 4.69) is 34.0 Å². The van der Waals surface area contributed by atoms with E-state index in [1.807, 2.05) is 11.6 Å². The molecule has 232 valence electrons. The maximum atomic E-state index is 14.2. The van der Waals surface area contributed by atoms with Crippen molar-refractivity contribution in [2.45, 2.75) is 38.0 Å². The molecule has 45 heavy (non-hydrogen) atoms. The largest absolute Gasteiger partial charge is 0.496 e. The summed E-state index contributed by atoms with van der Waals surface area (Å²) in [6.45, 7) is 6.10. The Hall–Kier alpha value is -5.21. The van der Waals surface area contributed by atoms with Gasteiger partial charge in [-0.2, -0.15) is 0 Å². The Balaban J connectivity index is 1.70. The zero-order valence-electron chi connectivity index (χ0n) is 25.3. The fourth-order valence-corrected chi connectivity index (χ4v) is 5.03. The highest BCUT2D eigenvalue weighted by Gasteiger charge is 2.43. The molecule has 2 aromatic carbocycles. The van der Waals surface area contributed by atoms with Gasteiger partial charge in [0.2, 0.25) is 0 Å². The number of nitrogens with zero attached hydrogens (tertiary/aromatic N) is 2. The summed E-state index contributed by atoms with van der Waals surface area (Å²) in [6, 6.07) is 11.8. The number of nitrogen functional groups attached to an aromatic ring is 1. The second kappa shape index (κ2) is 11.7. The van der Waals surface area contributed by atoms with Crippen LogP contribution in [0.2, 0.25) is 0 Å². The third-order valence-electron chi connectivity index (χ3n) is 7.50. The minimum atomic E-state index is -1.35. The van der Waals surface area contributed by atoms with E-state index in [9.17, 15) is 23.5 Å². The normalized spacial score (nSPS) is 13.5. The third kappa shape index (κ3) is 6.51. The van der Waals surface area contributed by atoms with E-state index in [1.165, 1.54) is 13.3 Å². The Kier molecular flexibility index (Phi) is 8.12. The fourth-order valence-electron chi connectivity index (χ4n) is 5.03. The molecule has 2 amide bonds. The number of rotatable bonds is 8. The Morgan fingerprint density at radius 3 is 2.47 bits per heavy atom. The zero-order valence-corrected chi connectivity index (χ0v) is 25.3. The number of fused-ring (bicyclic) bond motifs is 1. The van der Waals surface area contributed by atoms with Crippen molar-refractivity contribution in [1.82, 2.24) is 14.9 Å². The Morgan fingerprint density at radius 2 is 1.87 bits per heavy atom. The third-order valence-corrected chi connectivity index (χ3v) is 7.50. The minimum Gasteiger partial charge on any atom is -0.496 e. The van der Waals surface area contributed by atoms with Crippen LogP contribution < -0.4 is 21.1 Å². The fraction of sp³-hybridized carbons (Fsp3) is 0.265. The number of hydrogen-bond donors (Lipinski definition) is 4. The van der Waals surface area contributed by atoms with Gasteiger partial charge in [0.05, 0.1) is 41.4 Å². The van der Waals surface area contributed by atoms with Crippen LogP contribution in [0, 0.1) is 11.8 Å². The van der Waals surface area contributed by atoms with Gasteiger partial charge in [0.1, 0.15) is 22.8 Å². The number of aromatic nitrogens is 2. The molecule has 2 heterocycles. The quantitative estimate of drug-likeness (QED) is 0.158. The lowest BCUT2D eigenvalue weighted by Crippen LogP contribution is -2.31. The molecule has 2 aromatic heterocycles. The molecule has 5 rings (SSSR count). The molecule has 0 saturated heterocycles. The van der Waals surface area contributed by atoms with E-state index in [0.717, 1.165) is 0 Å². The standard InChI is InChI=1S/C34H33F2N5O4/c1-19(35)31(42)40-23-9-6-20(7-10-23)28-26(27-29(41(28)4)22(17-38-30(27)37)12-13-33(2,3)44)21-8-11-24(25(16-21)45-5)32(43)39-18-34(36)14-15-34/h6-11,16-17,44H,1,14-15,18H2,2-5H3,(H2,37,38)(H,39,43)(H,40,42). The molecular formula is C34H33F2N5O4. The first-order valence-corrected chi connectivity index (χ1v) is 14.2. The lowest BCUT2D eigenvalue weighted by Gasteiger charge is -2.14. The molecule has 0 unspecified atom stereocenters. The summed E-state index contributed by atoms with van der Waals surface area (Å²) < 4.78 is 35.0. The number of alkyl halides is 1. The lowest BCUT2D eigenvalue weighted by molar-refractivity contribution is -0.114. The second-order valence-electron chi connectivity index (χ2n) is 11.6. The van der Waals surface area contributed by atoms with E-state index < -0.39 is 28.9 Å². The van der Waals surface area contributed by atoms with Crippen molar-refractivity contribution < 1.29 is 28.2 Å². The average Bonchev–Trinajstić information content (AvgIpc) is 3.66. The van der Waals surface area contributed by atoms with Crippen LogP contribution >= 0.6 is 0 Å². The van der Waals surface area contributed by atoms with Gasteiger partial charge in [-0.15, -0.1) is 0 Å². The van der Waals surface area contributed by atoms with Gasteiger partial charge in [0.25, 0.3) is 11.8 Å². The molecule has 1 aliphatic rings. The highest BCUT2D eigenvalue weighted by molar-refractivity contribution is 6.11. The average molecular weight is 614 g/mol. The summed E-state index contributed by atoms with van der Waals surface area (Å²) in [7, 11) is 3.28. The van der Waals surface area contributed by atoms with E-state index in [-0.39, 0.29) is 23.7 Å². The van der Waals surface area contributed by atoms with E-state index >= 15 is 0 Å². The van der Waals surface area contributed by atoms with Gasteiger partial charge < -0.3 is 30.8 Å². The molecular weight excluding hydrogens is 580 g/mol. The van der Waals surface area contributed by atoms with Crippen molar-refractivity contribution in [3.8, 4) is 40.0 Å². The summed E-state index contributed by atoms with van der Waals surface area (Å²) in [5.74, 6) is 3.82. The maximum absolute atomic E-state index is 14.2. The topological polar surface area (TPSA) is 132 Å². The number of nitrogens with two attached hydrogens (primary N) is 1. The van der Waals surface area contributed by atoms with Gasteiger partial charge >= 0.3 is 0 Å². The van der Waals surface area contributed by atoms with E-state index in [4.69, 9.17) is 10.5 Å². The zero-order chi connectivity index (χ0) is 32.7.